The second kappa shape index (κ2) is 2.86. The third-order valence-corrected chi connectivity index (χ3v) is 2.08. The Morgan fingerprint density at radius 1 is 1.70 bits per heavy atom. The summed E-state index contributed by atoms with van der Waals surface area (Å²) < 4.78 is 5.09. The quantitative estimate of drug-likeness (QED) is 0.563. The van der Waals surface area contributed by atoms with Crippen LogP contribution in [0.2, 0.25) is 0 Å². The van der Waals surface area contributed by atoms with Crippen LogP contribution in [0.15, 0.2) is 0 Å². The van der Waals surface area contributed by atoms with E-state index >= 15 is 0 Å². The van der Waals surface area contributed by atoms with Crippen molar-refractivity contribution in [1.29, 1.82) is 0 Å². The van der Waals surface area contributed by atoms with Crippen molar-refractivity contribution in [2.24, 2.45) is 11.3 Å². The second-order valence-corrected chi connectivity index (χ2v) is 3.46. The van der Waals surface area contributed by atoms with E-state index in [1.165, 1.54) is 0 Å². The average Bonchev–Trinajstić information content (AvgIpc) is 2.12. The molecule has 0 aromatic carbocycles. The summed E-state index contributed by atoms with van der Waals surface area (Å²) in [7, 11) is 1.74. The number of nitrogens with zero attached hydrogens (tertiary/aromatic N) is 1. The van der Waals surface area contributed by atoms with Gasteiger partial charge in [-0.3, -0.25) is 5.84 Å². The summed E-state index contributed by atoms with van der Waals surface area (Å²) in [4.78, 5) is 0. The van der Waals surface area contributed by atoms with E-state index in [9.17, 15) is 0 Å². The van der Waals surface area contributed by atoms with Crippen LogP contribution in [0.1, 0.15) is 13.3 Å². The third kappa shape index (κ3) is 1.68. The summed E-state index contributed by atoms with van der Waals surface area (Å²) in [5.74, 6) is 5.62. The summed E-state index contributed by atoms with van der Waals surface area (Å²) in [5, 5.41) is 1.86. The molecule has 0 radical (unpaired) electrons. The van der Waals surface area contributed by atoms with Crippen molar-refractivity contribution < 1.29 is 4.74 Å². The van der Waals surface area contributed by atoms with Gasteiger partial charge in [0.2, 0.25) is 0 Å². The standard InChI is InChI=1S/C7H16N2O/c1-7(6-10-2)3-4-9(8)5-7/h3-6,8H2,1-2H3. The maximum Gasteiger partial charge on any atom is 0.0529 e. The molecule has 10 heavy (non-hydrogen) atoms. The lowest BCUT2D eigenvalue weighted by Gasteiger charge is -2.21. The van der Waals surface area contributed by atoms with E-state index in [0.717, 1.165) is 26.1 Å². The Labute approximate surface area is 62.1 Å². The highest BCUT2D eigenvalue weighted by Crippen LogP contribution is 2.27. The summed E-state index contributed by atoms with van der Waals surface area (Å²) in [6.07, 6.45) is 1.15. The van der Waals surface area contributed by atoms with Gasteiger partial charge in [-0.2, -0.15) is 0 Å². The van der Waals surface area contributed by atoms with Crippen LogP contribution in [0.5, 0.6) is 0 Å². The molecule has 0 saturated carbocycles. The van der Waals surface area contributed by atoms with Gasteiger partial charge in [0.15, 0.2) is 0 Å². The normalized spacial score (nSPS) is 35.1. The van der Waals surface area contributed by atoms with Crippen LogP contribution in [0.25, 0.3) is 0 Å². The summed E-state index contributed by atoms with van der Waals surface area (Å²) in [5.41, 5.74) is 0.295. The van der Waals surface area contributed by atoms with E-state index in [1.54, 1.807) is 7.11 Å². The van der Waals surface area contributed by atoms with E-state index in [1.807, 2.05) is 5.01 Å². The Kier molecular flexibility index (Phi) is 2.28. The lowest BCUT2D eigenvalue weighted by Crippen LogP contribution is -2.32. The van der Waals surface area contributed by atoms with Gasteiger partial charge in [-0.25, -0.2) is 5.01 Å². The van der Waals surface area contributed by atoms with Crippen molar-refractivity contribution in [2.75, 3.05) is 26.8 Å². The molecule has 0 aromatic heterocycles. The molecule has 0 amide bonds. The molecule has 1 aliphatic heterocycles. The molecular weight excluding hydrogens is 128 g/mol. The highest BCUT2D eigenvalue weighted by Gasteiger charge is 2.32. The number of rotatable bonds is 2. The number of ether oxygens (including phenoxy) is 1. The largest absolute Gasteiger partial charge is 0.384 e. The molecule has 3 heteroatoms. The van der Waals surface area contributed by atoms with Crippen molar-refractivity contribution in [3.63, 3.8) is 0 Å². The van der Waals surface area contributed by atoms with Crippen LogP contribution >= 0.6 is 0 Å². The summed E-state index contributed by atoms with van der Waals surface area (Å²) in [6, 6.07) is 0. The lowest BCUT2D eigenvalue weighted by molar-refractivity contribution is 0.0963. The third-order valence-electron chi connectivity index (χ3n) is 2.08. The van der Waals surface area contributed by atoms with Gasteiger partial charge in [0.05, 0.1) is 6.61 Å². The molecule has 0 spiro atoms. The fraction of sp³-hybridized carbons (Fsp3) is 1.00. The molecule has 1 fully saturated rings. The molecule has 1 heterocycles. The zero-order valence-corrected chi connectivity index (χ0v) is 6.76. The molecule has 1 atom stereocenters. The lowest BCUT2D eigenvalue weighted by atomic mass is 9.91. The first-order valence-electron chi connectivity index (χ1n) is 3.65. The van der Waals surface area contributed by atoms with Crippen molar-refractivity contribution in [1.82, 2.24) is 5.01 Å². The molecule has 1 rings (SSSR count). The van der Waals surface area contributed by atoms with E-state index in [2.05, 4.69) is 6.92 Å². The molecule has 0 bridgehead atoms. The Morgan fingerprint density at radius 2 is 2.40 bits per heavy atom. The Morgan fingerprint density at radius 3 is 2.80 bits per heavy atom. The Balaban J connectivity index is 2.38. The van der Waals surface area contributed by atoms with Gasteiger partial charge >= 0.3 is 0 Å². The molecule has 1 aliphatic rings. The first-order chi connectivity index (χ1) is 4.66. The minimum atomic E-state index is 0.295. The number of nitrogens with two attached hydrogens (primary N) is 1. The summed E-state index contributed by atoms with van der Waals surface area (Å²) >= 11 is 0. The molecule has 1 saturated heterocycles. The minimum absolute atomic E-state index is 0.295. The van der Waals surface area contributed by atoms with Crippen LogP contribution in [-0.4, -0.2) is 31.8 Å². The molecule has 60 valence electrons. The first-order valence-corrected chi connectivity index (χ1v) is 3.65. The highest BCUT2D eigenvalue weighted by atomic mass is 16.5. The maximum atomic E-state index is 5.62. The van der Waals surface area contributed by atoms with Crippen molar-refractivity contribution in [2.45, 2.75) is 13.3 Å². The van der Waals surface area contributed by atoms with Gasteiger partial charge in [0.1, 0.15) is 0 Å². The van der Waals surface area contributed by atoms with Gasteiger partial charge in [-0.1, -0.05) is 6.92 Å². The van der Waals surface area contributed by atoms with E-state index in [-0.39, 0.29) is 0 Å². The average molecular weight is 144 g/mol. The van der Waals surface area contributed by atoms with Gasteiger partial charge in [-0.05, 0) is 6.42 Å². The zero-order chi connectivity index (χ0) is 7.61. The Bertz CT molecular complexity index is 114. The number of methoxy groups -OCH3 is 1. The Hall–Kier alpha value is -0.120. The van der Waals surface area contributed by atoms with Gasteiger partial charge in [0, 0.05) is 25.6 Å². The fourth-order valence-electron chi connectivity index (χ4n) is 1.53. The van der Waals surface area contributed by atoms with E-state index in [4.69, 9.17) is 10.6 Å². The minimum Gasteiger partial charge on any atom is -0.384 e. The first kappa shape index (κ1) is 7.98. The van der Waals surface area contributed by atoms with Gasteiger partial charge in [-0.15, -0.1) is 0 Å². The summed E-state index contributed by atoms with van der Waals surface area (Å²) in [6.45, 7) is 4.99. The molecule has 0 aromatic rings. The SMILES string of the molecule is COCC1(C)CCN(N)C1. The maximum absolute atomic E-state index is 5.62. The molecular formula is C7H16N2O. The van der Waals surface area contributed by atoms with Crippen molar-refractivity contribution in [3.8, 4) is 0 Å². The van der Waals surface area contributed by atoms with Crippen LogP contribution in [-0.2, 0) is 4.74 Å². The van der Waals surface area contributed by atoms with Crippen LogP contribution in [0, 0.1) is 5.41 Å². The highest BCUT2D eigenvalue weighted by molar-refractivity contribution is 4.83. The van der Waals surface area contributed by atoms with Crippen LogP contribution in [0.4, 0.5) is 0 Å². The van der Waals surface area contributed by atoms with E-state index in [0.29, 0.717) is 5.41 Å². The number of hydrogen-bond donors (Lipinski definition) is 1. The predicted octanol–water partition coefficient (Wildman–Crippen LogP) is 0.219. The molecule has 2 N–H and O–H groups in total. The van der Waals surface area contributed by atoms with Crippen LogP contribution in [0.3, 0.4) is 0 Å². The van der Waals surface area contributed by atoms with Gasteiger partial charge < -0.3 is 4.74 Å². The molecule has 3 nitrogen and oxygen atoms in total. The molecule has 1 unspecified atom stereocenters. The topological polar surface area (TPSA) is 38.5 Å². The smallest absolute Gasteiger partial charge is 0.0529 e. The van der Waals surface area contributed by atoms with Crippen molar-refractivity contribution >= 4 is 0 Å². The second-order valence-electron chi connectivity index (χ2n) is 3.46. The molecule has 0 aliphatic carbocycles. The predicted molar refractivity (Wildman–Crippen MR) is 40.4 cm³/mol. The number of hydrogen-bond acceptors (Lipinski definition) is 3. The fourth-order valence-corrected chi connectivity index (χ4v) is 1.53. The zero-order valence-electron chi connectivity index (χ0n) is 6.76. The van der Waals surface area contributed by atoms with Crippen LogP contribution < -0.4 is 5.84 Å². The monoisotopic (exact) mass is 144 g/mol. The van der Waals surface area contributed by atoms with Crippen molar-refractivity contribution in [3.05, 3.63) is 0 Å². The van der Waals surface area contributed by atoms with Gasteiger partial charge in [0.25, 0.3) is 0 Å². The number of hydrazine groups is 1. The van der Waals surface area contributed by atoms with E-state index < -0.39 is 0 Å².